The number of rotatable bonds is 7. The molecule has 1 aromatic carbocycles. The zero-order chi connectivity index (χ0) is 15.3. The summed E-state index contributed by atoms with van der Waals surface area (Å²) in [4.78, 5) is 0.126. The maximum Gasteiger partial charge on any atom is 0.264 e. The maximum absolute atomic E-state index is 12.1. The van der Waals surface area contributed by atoms with Crippen LogP contribution in [0.25, 0.3) is 0 Å². The lowest BCUT2D eigenvalue weighted by molar-refractivity contribution is 0.425. The van der Waals surface area contributed by atoms with E-state index in [9.17, 15) is 8.42 Å². The Morgan fingerprint density at radius 3 is 2.62 bits per heavy atom. The lowest BCUT2D eigenvalue weighted by Gasteiger charge is -2.04. The van der Waals surface area contributed by atoms with Crippen LogP contribution in [0.1, 0.15) is 31.9 Å². The van der Waals surface area contributed by atoms with E-state index in [1.165, 1.54) is 24.3 Å². The summed E-state index contributed by atoms with van der Waals surface area (Å²) >= 11 is 0. The number of hydrogen-bond donors (Lipinski definition) is 2. The Hall–Kier alpha value is -2.02. The highest BCUT2D eigenvalue weighted by atomic mass is 32.2. The van der Waals surface area contributed by atoms with Crippen molar-refractivity contribution in [3.63, 3.8) is 0 Å². The highest BCUT2D eigenvalue weighted by Gasteiger charge is 2.16. The third-order valence-corrected chi connectivity index (χ3v) is 4.38. The van der Waals surface area contributed by atoms with Crippen molar-refractivity contribution in [3.8, 4) is 0 Å². The largest absolute Gasteiger partial charge is 0.399 e. The van der Waals surface area contributed by atoms with E-state index in [0.717, 1.165) is 31.4 Å². The van der Waals surface area contributed by atoms with Gasteiger partial charge in [-0.25, -0.2) is 13.1 Å². The van der Waals surface area contributed by atoms with Crippen LogP contribution in [0.2, 0.25) is 0 Å². The van der Waals surface area contributed by atoms with Gasteiger partial charge < -0.3 is 10.3 Å². The third-order valence-electron chi connectivity index (χ3n) is 3.02. The van der Waals surface area contributed by atoms with E-state index >= 15 is 0 Å². The summed E-state index contributed by atoms with van der Waals surface area (Å²) in [6, 6.07) is 7.56. The molecular formula is C14H19N3O3S. The molecule has 0 spiro atoms. The van der Waals surface area contributed by atoms with Crippen LogP contribution in [0, 0.1) is 0 Å². The summed E-state index contributed by atoms with van der Waals surface area (Å²) < 4.78 is 31.7. The molecule has 21 heavy (non-hydrogen) atoms. The number of aryl methyl sites for hydroxylation is 1. The first-order valence-corrected chi connectivity index (χ1v) is 8.33. The van der Waals surface area contributed by atoms with Crippen LogP contribution < -0.4 is 10.5 Å². The maximum atomic E-state index is 12.1. The quantitative estimate of drug-likeness (QED) is 0.605. The van der Waals surface area contributed by atoms with Gasteiger partial charge in [0.25, 0.3) is 10.0 Å². The molecule has 0 unspecified atom stereocenters. The summed E-state index contributed by atoms with van der Waals surface area (Å²) in [6.45, 7) is 2.12. The monoisotopic (exact) mass is 309 g/mol. The molecule has 0 saturated carbocycles. The van der Waals surface area contributed by atoms with Gasteiger partial charge in [-0.15, -0.1) is 0 Å². The number of aromatic nitrogens is 1. The first kappa shape index (κ1) is 15.4. The number of sulfonamides is 1. The van der Waals surface area contributed by atoms with Gasteiger partial charge in [0.15, 0.2) is 0 Å². The van der Waals surface area contributed by atoms with Crippen LogP contribution in [0.3, 0.4) is 0 Å². The first-order chi connectivity index (χ1) is 10.0. The zero-order valence-corrected chi connectivity index (χ0v) is 12.7. The van der Waals surface area contributed by atoms with Crippen molar-refractivity contribution in [2.45, 2.75) is 37.5 Å². The van der Waals surface area contributed by atoms with Crippen molar-refractivity contribution in [1.29, 1.82) is 0 Å². The highest BCUT2D eigenvalue weighted by Crippen LogP contribution is 2.18. The number of anilines is 2. The molecule has 3 N–H and O–H groups in total. The van der Waals surface area contributed by atoms with Crippen LogP contribution >= 0.6 is 0 Å². The Morgan fingerprint density at radius 1 is 1.24 bits per heavy atom. The Morgan fingerprint density at radius 2 is 1.95 bits per heavy atom. The summed E-state index contributed by atoms with van der Waals surface area (Å²) in [5.74, 6) is 0.123. The molecule has 1 aromatic heterocycles. The van der Waals surface area contributed by atoms with Crippen molar-refractivity contribution < 1.29 is 12.9 Å². The molecule has 0 amide bonds. The van der Waals surface area contributed by atoms with E-state index in [4.69, 9.17) is 10.3 Å². The molecule has 0 aliphatic carbocycles. The second-order valence-electron chi connectivity index (χ2n) is 4.81. The smallest absolute Gasteiger partial charge is 0.264 e. The Bertz CT molecular complexity index is 678. The molecule has 6 nitrogen and oxygen atoms in total. The van der Waals surface area contributed by atoms with Crippen molar-refractivity contribution >= 4 is 21.6 Å². The Labute approximate surface area is 124 Å². The second kappa shape index (κ2) is 6.62. The Balaban J connectivity index is 2.05. The third kappa shape index (κ3) is 4.22. The molecule has 0 fully saturated rings. The molecule has 0 bridgehead atoms. The molecular weight excluding hydrogens is 290 g/mol. The predicted molar refractivity (Wildman–Crippen MR) is 81.4 cm³/mol. The van der Waals surface area contributed by atoms with Crippen molar-refractivity contribution in [2.24, 2.45) is 0 Å². The van der Waals surface area contributed by atoms with Gasteiger partial charge in [0.2, 0.25) is 5.88 Å². The standard InChI is InChI=1S/C14H19N3O3S/c1-2-3-4-5-12-10-14(20-16-12)17-21(18,19)13-8-6-11(15)7-9-13/h6-10,17H,2-5,15H2,1H3. The fourth-order valence-electron chi connectivity index (χ4n) is 1.87. The summed E-state index contributed by atoms with van der Waals surface area (Å²) in [7, 11) is -3.68. The van der Waals surface area contributed by atoms with Gasteiger partial charge in [-0.2, -0.15) is 0 Å². The molecule has 0 atom stereocenters. The number of nitrogens with zero attached hydrogens (tertiary/aromatic N) is 1. The average Bonchev–Trinajstić information content (AvgIpc) is 2.86. The van der Waals surface area contributed by atoms with Gasteiger partial charge in [-0.3, -0.25) is 0 Å². The minimum atomic E-state index is -3.68. The van der Waals surface area contributed by atoms with E-state index in [1.807, 2.05) is 0 Å². The molecule has 7 heteroatoms. The molecule has 0 aliphatic heterocycles. The molecule has 1 heterocycles. The number of hydrogen-bond acceptors (Lipinski definition) is 5. The number of nitrogen functional groups attached to an aromatic ring is 1. The van der Waals surface area contributed by atoms with E-state index in [1.54, 1.807) is 6.07 Å². The summed E-state index contributed by atoms with van der Waals surface area (Å²) in [6.07, 6.45) is 4.02. The SMILES string of the molecule is CCCCCc1cc(NS(=O)(=O)c2ccc(N)cc2)on1. The fraction of sp³-hybridized carbons (Fsp3) is 0.357. The summed E-state index contributed by atoms with van der Waals surface area (Å²) in [5.41, 5.74) is 6.79. The molecule has 0 aliphatic rings. The normalized spacial score (nSPS) is 11.5. The number of nitrogens with two attached hydrogens (primary N) is 1. The number of unbranched alkanes of at least 4 members (excludes halogenated alkanes) is 2. The lowest BCUT2D eigenvalue weighted by atomic mass is 10.2. The van der Waals surface area contributed by atoms with Gasteiger partial charge in [-0.05, 0) is 37.1 Å². The van der Waals surface area contributed by atoms with E-state index < -0.39 is 10.0 Å². The molecule has 0 radical (unpaired) electrons. The van der Waals surface area contributed by atoms with Crippen molar-refractivity contribution in [3.05, 3.63) is 36.0 Å². The van der Waals surface area contributed by atoms with Gasteiger partial charge in [0.1, 0.15) is 0 Å². The van der Waals surface area contributed by atoms with Crippen molar-refractivity contribution in [2.75, 3.05) is 10.5 Å². The molecule has 114 valence electrons. The van der Waals surface area contributed by atoms with Gasteiger partial charge >= 0.3 is 0 Å². The van der Waals surface area contributed by atoms with Gasteiger partial charge in [0, 0.05) is 11.8 Å². The van der Waals surface area contributed by atoms with E-state index in [-0.39, 0.29) is 10.8 Å². The Kier molecular flexibility index (Phi) is 4.85. The van der Waals surface area contributed by atoms with E-state index in [0.29, 0.717) is 5.69 Å². The van der Waals surface area contributed by atoms with Gasteiger partial charge in [0.05, 0.1) is 10.6 Å². The lowest BCUT2D eigenvalue weighted by Crippen LogP contribution is -2.12. The minimum Gasteiger partial charge on any atom is -0.399 e. The van der Waals surface area contributed by atoms with Crippen LogP contribution in [0.15, 0.2) is 39.8 Å². The number of benzene rings is 1. The zero-order valence-electron chi connectivity index (χ0n) is 11.9. The van der Waals surface area contributed by atoms with Crippen LogP contribution in [-0.2, 0) is 16.4 Å². The number of nitrogens with one attached hydrogen (secondary N) is 1. The minimum absolute atomic E-state index is 0.123. The second-order valence-corrected chi connectivity index (χ2v) is 6.50. The van der Waals surface area contributed by atoms with Gasteiger partial charge in [-0.1, -0.05) is 24.9 Å². The fourth-order valence-corrected chi connectivity index (χ4v) is 2.85. The van der Waals surface area contributed by atoms with Crippen LogP contribution in [-0.4, -0.2) is 13.6 Å². The molecule has 2 rings (SSSR count). The topological polar surface area (TPSA) is 98.2 Å². The van der Waals surface area contributed by atoms with E-state index in [2.05, 4.69) is 16.8 Å². The van der Waals surface area contributed by atoms with Crippen LogP contribution in [0.4, 0.5) is 11.6 Å². The predicted octanol–water partition coefficient (Wildman–Crippen LogP) is 2.79. The molecule has 2 aromatic rings. The van der Waals surface area contributed by atoms with Crippen molar-refractivity contribution in [1.82, 2.24) is 5.16 Å². The van der Waals surface area contributed by atoms with Crippen LogP contribution in [0.5, 0.6) is 0 Å². The summed E-state index contributed by atoms with van der Waals surface area (Å²) in [5, 5.41) is 3.86. The molecule has 0 saturated heterocycles. The first-order valence-electron chi connectivity index (χ1n) is 6.85. The average molecular weight is 309 g/mol. The highest BCUT2D eigenvalue weighted by molar-refractivity contribution is 7.92.